The van der Waals surface area contributed by atoms with E-state index in [1.165, 1.54) is 7.11 Å². The number of methoxy groups -OCH3 is 1. The molecule has 192 valence electrons. The van der Waals surface area contributed by atoms with E-state index in [0.717, 1.165) is 40.8 Å². The molecule has 7 nitrogen and oxygen atoms in total. The molecule has 0 bridgehead atoms. The zero-order chi connectivity index (χ0) is 26.5. The number of rotatable bonds is 7. The normalized spacial score (nSPS) is 14.8. The number of aryl methyl sites for hydroxylation is 1. The van der Waals surface area contributed by atoms with Crippen molar-refractivity contribution in [2.24, 2.45) is 0 Å². The number of nitrogens with zero attached hydrogens (tertiary/aromatic N) is 1. The van der Waals surface area contributed by atoms with Gasteiger partial charge in [0.15, 0.2) is 5.05 Å². The van der Waals surface area contributed by atoms with Crippen molar-refractivity contribution in [2.75, 3.05) is 24.3 Å². The lowest BCUT2D eigenvalue weighted by molar-refractivity contribution is -0.131. The third-order valence-corrected chi connectivity index (χ3v) is 7.02. The highest BCUT2D eigenvalue weighted by molar-refractivity contribution is 7.80. The number of hydrogen-bond donors (Lipinski definition) is 3. The third-order valence-electron chi connectivity index (χ3n) is 6.80. The average molecular weight is 518 g/mol. The number of urea groups is 1. The van der Waals surface area contributed by atoms with E-state index >= 15 is 0 Å². The molecule has 0 aromatic heterocycles. The molecule has 3 amide bonds. The van der Waals surface area contributed by atoms with Crippen molar-refractivity contribution in [1.82, 2.24) is 4.90 Å². The van der Waals surface area contributed by atoms with E-state index in [0.29, 0.717) is 23.5 Å². The maximum atomic E-state index is 13.4. The molecule has 4 rings (SSSR count). The molecular weight excluding hydrogens is 486 g/mol. The number of benzene rings is 3. The minimum absolute atomic E-state index is 0.0129. The molecular formula is C29H31N3O4S. The summed E-state index contributed by atoms with van der Waals surface area (Å²) in [7, 11) is 1.53. The smallest absolute Gasteiger partial charge is 0.323 e. The van der Waals surface area contributed by atoms with E-state index in [-0.39, 0.29) is 29.5 Å². The molecule has 0 saturated carbocycles. The summed E-state index contributed by atoms with van der Waals surface area (Å²) < 4.78 is 5.51. The van der Waals surface area contributed by atoms with Gasteiger partial charge >= 0.3 is 6.03 Å². The fraction of sp³-hybridized carbons (Fsp3) is 0.276. The Bertz CT molecular complexity index is 1340. The molecule has 1 fully saturated rings. The van der Waals surface area contributed by atoms with Gasteiger partial charge in [0, 0.05) is 17.8 Å². The standard InChI is InChI=1S/C29H31N3O4S/c1-18-8-4-5-11-23(18)30-29(35)31-24-14-13-20(16-26(24)36-3)17-27(33)32-15-7-12-25(32)21-9-6-10-22(19(21)2)28(34)37/h4-6,8-11,13-14,16,25H,7,12,15,17H2,1-3H3,(H,34,37)(H2,30,31,35). The van der Waals surface area contributed by atoms with Crippen molar-refractivity contribution in [1.29, 1.82) is 0 Å². The lowest BCUT2D eigenvalue weighted by Gasteiger charge is -2.27. The molecule has 1 aliphatic heterocycles. The predicted molar refractivity (Wildman–Crippen MR) is 150 cm³/mol. The number of likely N-dealkylation sites (tertiary alicyclic amines) is 1. The minimum atomic E-state index is -0.378. The van der Waals surface area contributed by atoms with E-state index in [9.17, 15) is 14.7 Å². The number of thiocarbonyl (C=S) groups is 1. The number of carbonyl (C=O) groups is 2. The zero-order valence-electron chi connectivity index (χ0n) is 21.2. The van der Waals surface area contributed by atoms with Crippen molar-refractivity contribution in [3.63, 3.8) is 0 Å². The lowest BCUT2D eigenvalue weighted by atomic mass is 9.95. The molecule has 1 atom stereocenters. The maximum absolute atomic E-state index is 13.4. The van der Waals surface area contributed by atoms with Gasteiger partial charge in [-0.25, -0.2) is 4.79 Å². The van der Waals surface area contributed by atoms with Crippen molar-refractivity contribution in [2.45, 2.75) is 39.2 Å². The first kappa shape index (κ1) is 26.2. The van der Waals surface area contributed by atoms with Crippen LogP contribution in [0.3, 0.4) is 0 Å². The van der Waals surface area contributed by atoms with Crippen molar-refractivity contribution >= 4 is 40.6 Å². The molecule has 0 spiro atoms. The summed E-state index contributed by atoms with van der Waals surface area (Å²) in [5.41, 5.74) is 5.53. The minimum Gasteiger partial charge on any atom is -0.499 e. The monoisotopic (exact) mass is 517 g/mol. The number of amides is 3. The number of carbonyl (C=O) groups excluding carboxylic acids is 2. The van der Waals surface area contributed by atoms with E-state index in [1.807, 2.05) is 61.2 Å². The van der Waals surface area contributed by atoms with Crippen molar-refractivity contribution in [3.05, 3.63) is 88.5 Å². The number of anilines is 2. The molecule has 37 heavy (non-hydrogen) atoms. The van der Waals surface area contributed by atoms with Gasteiger partial charge in [0.25, 0.3) is 0 Å². The first-order valence-corrected chi connectivity index (χ1v) is 12.6. The molecule has 3 aromatic rings. The van der Waals surface area contributed by atoms with Gasteiger partial charge in [0.2, 0.25) is 5.91 Å². The molecule has 1 unspecified atom stereocenters. The number of hydrogen-bond acceptors (Lipinski definition) is 4. The molecule has 3 N–H and O–H groups in total. The molecule has 0 aliphatic carbocycles. The second-order valence-electron chi connectivity index (χ2n) is 9.18. The van der Waals surface area contributed by atoms with Crippen LogP contribution in [0.15, 0.2) is 60.7 Å². The Balaban J connectivity index is 1.46. The summed E-state index contributed by atoms with van der Waals surface area (Å²) in [5, 5.41) is 15.4. The molecule has 8 heteroatoms. The number of para-hydroxylation sites is 1. The van der Waals surface area contributed by atoms with Gasteiger partial charge in [-0.1, -0.05) is 42.5 Å². The van der Waals surface area contributed by atoms with Crippen LogP contribution < -0.4 is 15.4 Å². The molecule has 1 aliphatic rings. The first-order valence-electron chi connectivity index (χ1n) is 12.2. The second-order valence-corrected chi connectivity index (χ2v) is 9.56. The largest absolute Gasteiger partial charge is 0.499 e. The van der Waals surface area contributed by atoms with E-state index < -0.39 is 0 Å². The third kappa shape index (κ3) is 5.91. The maximum Gasteiger partial charge on any atom is 0.323 e. The van der Waals surface area contributed by atoms with Crippen LogP contribution in [-0.4, -0.2) is 40.6 Å². The fourth-order valence-electron chi connectivity index (χ4n) is 4.85. The molecule has 1 heterocycles. The van der Waals surface area contributed by atoms with E-state index in [4.69, 9.17) is 17.0 Å². The second kappa shape index (κ2) is 11.4. The Labute approximate surface area is 222 Å². The van der Waals surface area contributed by atoms with Crippen LogP contribution in [0.5, 0.6) is 5.75 Å². The van der Waals surface area contributed by atoms with Crippen LogP contribution in [0.2, 0.25) is 0 Å². The highest BCUT2D eigenvalue weighted by Crippen LogP contribution is 2.35. The van der Waals surface area contributed by atoms with Crippen LogP contribution in [0.1, 0.15) is 46.7 Å². The summed E-state index contributed by atoms with van der Waals surface area (Å²) >= 11 is 4.98. The summed E-state index contributed by atoms with van der Waals surface area (Å²) in [5.74, 6) is 0.488. The van der Waals surface area contributed by atoms with Gasteiger partial charge in [0.1, 0.15) is 5.75 Å². The Morgan fingerprint density at radius 3 is 2.54 bits per heavy atom. The average Bonchev–Trinajstić information content (AvgIpc) is 3.36. The summed E-state index contributed by atoms with van der Waals surface area (Å²) in [6, 6.07) is 18.1. The highest BCUT2D eigenvalue weighted by atomic mass is 32.1. The summed E-state index contributed by atoms with van der Waals surface area (Å²) in [6.45, 7) is 4.53. The van der Waals surface area contributed by atoms with Gasteiger partial charge in [-0.3, -0.25) is 4.79 Å². The Kier molecular flexibility index (Phi) is 8.08. The topological polar surface area (TPSA) is 90.9 Å². The van der Waals surface area contributed by atoms with Crippen LogP contribution in [-0.2, 0) is 11.2 Å². The quantitative estimate of drug-likeness (QED) is 0.330. The van der Waals surface area contributed by atoms with Gasteiger partial charge < -0.3 is 25.4 Å². The SMILES string of the molecule is COc1cc(CC(=O)N2CCCC2c2cccc(C(O)=S)c2C)ccc1NC(=O)Nc1ccccc1C. The van der Waals surface area contributed by atoms with Crippen LogP contribution in [0, 0.1) is 13.8 Å². The molecule has 0 radical (unpaired) electrons. The number of nitrogens with one attached hydrogen (secondary N) is 2. The van der Waals surface area contributed by atoms with Gasteiger partial charge in [-0.2, -0.15) is 0 Å². The predicted octanol–water partition coefficient (Wildman–Crippen LogP) is 6.10. The fourth-order valence-corrected chi connectivity index (χ4v) is 5.07. The zero-order valence-corrected chi connectivity index (χ0v) is 22.0. The first-order chi connectivity index (χ1) is 17.8. The molecule has 1 saturated heterocycles. The van der Waals surface area contributed by atoms with Gasteiger partial charge in [-0.05, 0) is 79.4 Å². The number of aliphatic hydroxyl groups is 1. The Hall–Kier alpha value is -3.91. The highest BCUT2D eigenvalue weighted by Gasteiger charge is 2.31. The van der Waals surface area contributed by atoms with E-state index in [2.05, 4.69) is 10.6 Å². The van der Waals surface area contributed by atoms with E-state index in [1.54, 1.807) is 18.2 Å². The van der Waals surface area contributed by atoms with Gasteiger partial charge in [0.05, 0.1) is 25.3 Å². The summed E-state index contributed by atoms with van der Waals surface area (Å²) in [4.78, 5) is 27.8. The van der Waals surface area contributed by atoms with Crippen molar-refractivity contribution < 1.29 is 19.4 Å². The number of aliphatic hydroxyl groups excluding tert-OH is 1. The number of ether oxygens (including phenoxy) is 1. The van der Waals surface area contributed by atoms with Crippen LogP contribution >= 0.6 is 12.2 Å². The Morgan fingerprint density at radius 1 is 1.05 bits per heavy atom. The summed E-state index contributed by atoms with van der Waals surface area (Å²) in [6.07, 6.45) is 1.97. The van der Waals surface area contributed by atoms with Crippen LogP contribution in [0.4, 0.5) is 16.2 Å². The Morgan fingerprint density at radius 2 is 1.81 bits per heavy atom. The van der Waals surface area contributed by atoms with Crippen LogP contribution in [0.25, 0.3) is 0 Å². The van der Waals surface area contributed by atoms with Crippen molar-refractivity contribution in [3.8, 4) is 5.75 Å². The van der Waals surface area contributed by atoms with Gasteiger partial charge in [-0.15, -0.1) is 0 Å². The molecule has 3 aromatic carbocycles. The lowest BCUT2D eigenvalue weighted by Crippen LogP contribution is -2.32.